The summed E-state index contributed by atoms with van der Waals surface area (Å²) in [5, 5.41) is 4.24. The molecule has 0 fully saturated rings. The van der Waals surface area contributed by atoms with Crippen molar-refractivity contribution in [1.29, 1.82) is 0 Å². The Morgan fingerprint density at radius 1 is 1.04 bits per heavy atom. The van der Waals surface area contributed by atoms with E-state index in [1.807, 2.05) is 30.3 Å². The summed E-state index contributed by atoms with van der Waals surface area (Å²) in [4.78, 5) is 24.3. The van der Waals surface area contributed by atoms with E-state index in [1.54, 1.807) is 42.1 Å². The Kier molecular flexibility index (Phi) is 5.43. The summed E-state index contributed by atoms with van der Waals surface area (Å²) in [6.07, 6.45) is 3.18. The number of para-hydroxylation sites is 2. The molecule has 1 aromatic heterocycles. The van der Waals surface area contributed by atoms with Crippen molar-refractivity contribution in [2.45, 2.75) is 6.92 Å². The number of nitrogens with zero attached hydrogens (tertiary/aromatic N) is 2. The van der Waals surface area contributed by atoms with E-state index in [1.165, 1.54) is 6.20 Å². The van der Waals surface area contributed by atoms with Crippen LogP contribution in [0.5, 0.6) is 5.75 Å². The van der Waals surface area contributed by atoms with Gasteiger partial charge in [0, 0.05) is 6.20 Å². The number of benzene rings is 2. The topological polar surface area (TPSA) is 70.4 Å². The van der Waals surface area contributed by atoms with Crippen molar-refractivity contribution >= 4 is 11.8 Å². The van der Waals surface area contributed by atoms with E-state index in [0.29, 0.717) is 16.9 Å². The zero-order valence-electron chi connectivity index (χ0n) is 14.3. The van der Waals surface area contributed by atoms with Crippen LogP contribution in [0.15, 0.2) is 67.0 Å². The molecule has 0 saturated heterocycles. The van der Waals surface area contributed by atoms with Crippen LogP contribution < -0.4 is 4.74 Å². The lowest BCUT2D eigenvalue weighted by molar-refractivity contribution is -0.145. The number of hydrogen-bond acceptors (Lipinski definition) is 5. The zero-order valence-corrected chi connectivity index (χ0v) is 14.3. The Bertz CT molecular complexity index is 903. The van der Waals surface area contributed by atoms with Crippen LogP contribution >= 0.6 is 0 Å². The van der Waals surface area contributed by atoms with Gasteiger partial charge in [-0.05, 0) is 31.2 Å². The van der Waals surface area contributed by atoms with Gasteiger partial charge in [-0.2, -0.15) is 5.10 Å². The van der Waals surface area contributed by atoms with Gasteiger partial charge in [0.2, 0.25) is 0 Å². The number of carbonyl (C=O) groups is 2. The van der Waals surface area contributed by atoms with Crippen LogP contribution in [0.4, 0.5) is 0 Å². The lowest BCUT2D eigenvalue weighted by Gasteiger charge is -2.09. The highest BCUT2D eigenvalue weighted by Gasteiger charge is 2.17. The molecule has 6 heteroatoms. The molecule has 0 N–H and O–H groups in total. The second-order valence-corrected chi connectivity index (χ2v) is 5.43. The number of hydrogen-bond donors (Lipinski definition) is 0. The van der Waals surface area contributed by atoms with Crippen molar-refractivity contribution in [1.82, 2.24) is 9.78 Å². The number of rotatable bonds is 7. The molecule has 1 heterocycles. The maximum atomic E-state index is 12.8. The molecule has 0 saturated carbocycles. The number of carbonyl (C=O) groups excluding carboxylic acids is 2. The molecule has 0 spiro atoms. The Morgan fingerprint density at radius 2 is 1.77 bits per heavy atom. The fourth-order valence-electron chi connectivity index (χ4n) is 2.44. The normalized spacial score (nSPS) is 10.3. The van der Waals surface area contributed by atoms with Gasteiger partial charge in [-0.15, -0.1) is 0 Å². The molecular formula is C20H18N2O4. The minimum absolute atomic E-state index is 0.230. The van der Waals surface area contributed by atoms with E-state index in [2.05, 4.69) is 5.10 Å². The number of esters is 1. The number of ketones is 1. The second kappa shape index (κ2) is 8.11. The number of aromatic nitrogens is 2. The first kappa shape index (κ1) is 17.4. The predicted molar refractivity (Wildman–Crippen MR) is 95.6 cm³/mol. The summed E-state index contributed by atoms with van der Waals surface area (Å²) < 4.78 is 11.9. The zero-order chi connectivity index (χ0) is 18.4. The minimum atomic E-state index is -0.480. The maximum Gasteiger partial charge on any atom is 0.344 e. The molecule has 2 aromatic carbocycles. The second-order valence-electron chi connectivity index (χ2n) is 5.43. The molecule has 0 aliphatic carbocycles. The highest BCUT2D eigenvalue weighted by molar-refractivity contribution is 6.10. The van der Waals surface area contributed by atoms with Gasteiger partial charge in [0.05, 0.1) is 29.6 Å². The third kappa shape index (κ3) is 3.97. The third-order valence-corrected chi connectivity index (χ3v) is 3.65. The average Bonchev–Trinajstić information content (AvgIpc) is 3.17. The van der Waals surface area contributed by atoms with E-state index in [0.717, 1.165) is 5.69 Å². The highest BCUT2D eigenvalue weighted by atomic mass is 16.6. The molecule has 3 rings (SSSR count). The first-order valence-electron chi connectivity index (χ1n) is 8.21. The van der Waals surface area contributed by atoms with Crippen LogP contribution in [0.25, 0.3) is 5.69 Å². The van der Waals surface area contributed by atoms with Crippen molar-refractivity contribution in [3.05, 3.63) is 78.1 Å². The fraction of sp³-hybridized carbons (Fsp3) is 0.150. The fourth-order valence-corrected chi connectivity index (χ4v) is 2.44. The Labute approximate surface area is 151 Å². The first-order valence-corrected chi connectivity index (χ1v) is 8.21. The lowest BCUT2D eigenvalue weighted by Crippen LogP contribution is -2.16. The van der Waals surface area contributed by atoms with Gasteiger partial charge in [0.1, 0.15) is 5.75 Å². The molecular weight excluding hydrogens is 332 g/mol. The van der Waals surface area contributed by atoms with E-state index in [9.17, 15) is 9.59 Å². The van der Waals surface area contributed by atoms with Crippen LogP contribution in [0.3, 0.4) is 0 Å². The Balaban J connectivity index is 1.80. The summed E-state index contributed by atoms with van der Waals surface area (Å²) in [7, 11) is 0. The summed E-state index contributed by atoms with van der Waals surface area (Å²) in [6, 6.07) is 16.3. The van der Waals surface area contributed by atoms with Crippen LogP contribution in [-0.2, 0) is 9.53 Å². The van der Waals surface area contributed by atoms with Gasteiger partial charge < -0.3 is 9.47 Å². The van der Waals surface area contributed by atoms with E-state index < -0.39 is 5.97 Å². The molecule has 6 nitrogen and oxygen atoms in total. The predicted octanol–water partition coefficient (Wildman–Crippen LogP) is 3.05. The Hall–Kier alpha value is -3.41. The van der Waals surface area contributed by atoms with Gasteiger partial charge in [0.25, 0.3) is 0 Å². The molecule has 0 amide bonds. The summed E-state index contributed by atoms with van der Waals surface area (Å²) >= 11 is 0. The Morgan fingerprint density at radius 3 is 2.54 bits per heavy atom. The minimum Gasteiger partial charge on any atom is -0.481 e. The van der Waals surface area contributed by atoms with Crippen molar-refractivity contribution in [2.24, 2.45) is 0 Å². The van der Waals surface area contributed by atoms with E-state index in [4.69, 9.17) is 9.47 Å². The third-order valence-electron chi connectivity index (χ3n) is 3.65. The van der Waals surface area contributed by atoms with Crippen molar-refractivity contribution < 1.29 is 19.1 Å². The van der Waals surface area contributed by atoms with Gasteiger partial charge in [-0.3, -0.25) is 4.79 Å². The maximum absolute atomic E-state index is 12.8. The molecule has 0 aliphatic heterocycles. The molecule has 0 bridgehead atoms. The summed E-state index contributed by atoms with van der Waals surface area (Å²) in [5.41, 5.74) is 1.66. The molecule has 26 heavy (non-hydrogen) atoms. The van der Waals surface area contributed by atoms with E-state index in [-0.39, 0.29) is 19.0 Å². The molecule has 0 radical (unpaired) electrons. The molecule has 0 aliphatic rings. The SMILES string of the molecule is CCOC(=O)COc1ccccc1C(=O)c1cnn(-c2ccccc2)c1. The van der Waals surface area contributed by atoms with Gasteiger partial charge in [0.15, 0.2) is 12.4 Å². The molecule has 3 aromatic rings. The average molecular weight is 350 g/mol. The van der Waals surface area contributed by atoms with Crippen LogP contribution in [0.2, 0.25) is 0 Å². The lowest BCUT2D eigenvalue weighted by atomic mass is 10.1. The van der Waals surface area contributed by atoms with Crippen molar-refractivity contribution in [3.8, 4) is 11.4 Å². The first-order chi connectivity index (χ1) is 12.7. The van der Waals surface area contributed by atoms with Gasteiger partial charge in [-0.1, -0.05) is 30.3 Å². The van der Waals surface area contributed by atoms with Gasteiger partial charge >= 0.3 is 5.97 Å². The summed E-state index contributed by atoms with van der Waals surface area (Å²) in [6.45, 7) is 1.75. The van der Waals surface area contributed by atoms with Crippen LogP contribution in [0, 0.1) is 0 Å². The monoisotopic (exact) mass is 350 g/mol. The molecule has 0 unspecified atom stereocenters. The summed E-state index contributed by atoms with van der Waals surface area (Å²) in [5.74, 6) is -0.378. The molecule has 0 atom stereocenters. The van der Waals surface area contributed by atoms with Crippen molar-refractivity contribution in [3.63, 3.8) is 0 Å². The quantitative estimate of drug-likeness (QED) is 0.484. The number of ether oxygens (including phenoxy) is 2. The standard InChI is InChI=1S/C20H18N2O4/c1-2-25-19(23)14-26-18-11-7-6-10-17(18)20(24)15-12-21-22(13-15)16-8-4-3-5-9-16/h3-13H,2,14H2,1H3. The largest absolute Gasteiger partial charge is 0.481 e. The van der Waals surface area contributed by atoms with Crippen LogP contribution in [0.1, 0.15) is 22.8 Å². The van der Waals surface area contributed by atoms with Gasteiger partial charge in [-0.25, -0.2) is 9.48 Å². The van der Waals surface area contributed by atoms with Crippen molar-refractivity contribution in [2.75, 3.05) is 13.2 Å². The molecule has 132 valence electrons. The highest BCUT2D eigenvalue weighted by Crippen LogP contribution is 2.22. The van der Waals surface area contributed by atoms with Crippen LogP contribution in [-0.4, -0.2) is 34.7 Å². The smallest absolute Gasteiger partial charge is 0.344 e. The van der Waals surface area contributed by atoms with E-state index >= 15 is 0 Å².